The highest BCUT2D eigenvalue weighted by molar-refractivity contribution is 9.10. The summed E-state index contributed by atoms with van der Waals surface area (Å²) in [5.41, 5.74) is 0.484. The average Bonchev–Trinajstić information content (AvgIpc) is 2.35. The lowest BCUT2D eigenvalue weighted by Gasteiger charge is -2.49. The van der Waals surface area contributed by atoms with Crippen LogP contribution in [0.25, 0.3) is 0 Å². The molecule has 0 spiro atoms. The fourth-order valence-corrected chi connectivity index (χ4v) is 2.72. The third-order valence-electron chi connectivity index (χ3n) is 4.28. The van der Waals surface area contributed by atoms with Gasteiger partial charge in [-0.25, -0.2) is 0 Å². The second-order valence-electron chi connectivity index (χ2n) is 6.16. The molecule has 1 aromatic carbocycles. The van der Waals surface area contributed by atoms with E-state index in [1.54, 1.807) is 4.90 Å². The number of halogens is 1. The number of rotatable bonds is 4. The fraction of sp³-hybridized carbons (Fsp3) is 0.562. The molecule has 1 saturated heterocycles. The smallest absolute Gasteiger partial charge is 0.223 e. The van der Waals surface area contributed by atoms with E-state index in [0.717, 1.165) is 4.47 Å². The Kier molecular flexibility index (Phi) is 4.55. The number of nitrogens with zero attached hydrogens (tertiary/aromatic N) is 1. The Balaban J connectivity index is 1.88. The van der Waals surface area contributed by atoms with Crippen molar-refractivity contribution in [2.45, 2.75) is 38.7 Å². The molecule has 0 aliphatic carbocycles. The molecular formula is C16H22BrNO2. The van der Waals surface area contributed by atoms with Crippen LogP contribution in [-0.2, 0) is 4.79 Å². The molecule has 110 valence electrons. The Bertz CT molecular complexity index is 478. The quantitative estimate of drug-likeness (QED) is 0.915. The second kappa shape index (κ2) is 5.86. The van der Waals surface area contributed by atoms with Crippen LogP contribution in [0.3, 0.4) is 0 Å². The van der Waals surface area contributed by atoms with Crippen molar-refractivity contribution in [3.05, 3.63) is 34.3 Å². The van der Waals surface area contributed by atoms with Gasteiger partial charge in [-0.1, -0.05) is 48.8 Å². The zero-order valence-corrected chi connectivity index (χ0v) is 13.9. The van der Waals surface area contributed by atoms with Gasteiger partial charge < -0.3 is 10.0 Å². The minimum absolute atomic E-state index is 0.130. The largest absolute Gasteiger partial charge is 0.386 e. The van der Waals surface area contributed by atoms with E-state index in [9.17, 15) is 9.90 Å². The van der Waals surface area contributed by atoms with Crippen molar-refractivity contribution >= 4 is 21.8 Å². The lowest BCUT2D eigenvalue weighted by atomic mass is 9.82. The predicted molar refractivity (Wildman–Crippen MR) is 83.5 cm³/mol. The fourth-order valence-electron chi connectivity index (χ4n) is 2.46. The van der Waals surface area contributed by atoms with Crippen molar-refractivity contribution < 1.29 is 9.90 Å². The summed E-state index contributed by atoms with van der Waals surface area (Å²) >= 11 is 3.41. The molecule has 3 nitrogen and oxygen atoms in total. The number of carbonyl (C=O) groups excluding carboxylic acids is 1. The molecule has 1 atom stereocenters. The maximum atomic E-state index is 12.2. The molecule has 1 heterocycles. The monoisotopic (exact) mass is 339 g/mol. The van der Waals surface area contributed by atoms with Crippen molar-refractivity contribution in [3.8, 4) is 0 Å². The van der Waals surface area contributed by atoms with E-state index >= 15 is 0 Å². The minimum Gasteiger partial charge on any atom is -0.386 e. The van der Waals surface area contributed by atoms with Gasteiger partial charge in [0, 0.05) is 10.9 Å². The summed E-state index contributed by atoms with van der Waals surface area (Å²) in [6.07, 6.45) is 0.496. The summed E-state index contributed by atoms with van der Waals surface area (Å²) in [7, 11) is 0. The van der Waals surface area contributed by atoms with Crippen molar-refractivity contribution in [2.75, 3.05) is 13.1 Å². The average molecular weight is 340 g/mol. The highest BCUT2D eigenvalue weighted by Crippen LogP contribution is 2.30. The lowest BCUT2D eigenvalue weighted by Crippen LogP contribution is -2.66. The number of aliphatic hydroxyl groups is 1. The van der Waals surface area contributed by atoms with E-state index in [2.05, 4.69) is 22.9 Å². The molecular weight excluding hydrogens is 318 g/mol. The Labute approximate surface area is 129 Å². The van der Waals surface area contributed by atoms with Gasteiger partial charge in [-0.3, -0.25) is 4.79 Å². The Morgan fingerprint density at radius 3 is 2.35 bits per heavy atom. The summed E-state index contributed by atoms with van der Waals surface area (Å²) in [4.78, 5) is 14.0. The summed E-state index contributed by atoms with van der Waals surface area (Å²) in [6, 6.07) is 8.08. The van der Waals surface area contributed by atoms with E-state index in [4.69, 9.17) is 0 Å². The molecule has 1 fully saturated rings. The SMILES string of the molecule is CC(CC(=O)N1CC(O)(C(C)C)C1)c1ccc(Br)cc1. The van der Waals surface area contributed by atoms with E-state index in [1.807, 2.05) is 38.1 Å². The van der Waals surface area contributed by atoms with Crippen LogP contribution in [0.2, 0.25) is 0 Å². The zero-order valence-electron chi connectivity index (χ0n) is 12.3. The second-order valence-corrected chi connectivity index (χ2v) is 7.08. The standard InChI is InChI=1S/C16H22BrNO2/c1-11(2)16(20)9-18(10-16)15(19)8-12(3)13-4-6-14(17)7-5-13/h4-7,11-12,20H,8-10H2,1-3H3. The van der Waals surface area contributed by atoms with Crippen LogP contribution in [-0.4, -0.2) is 34.6 Å². The number of hydrogen-bond donors (Lipinski definition) is 1. The van der Waals surface area contributed by atoms with E-state index in [1.165, 1.54) is 5.56 Å². The van der Waals surface area contributed by atoms with E-state index in [-0.39, 0.29) is 17.7 Å². The Morgan fingerprint density at radius 2 is 1.85 bits per heavy atom. The topological polar surface area (TPSA) is 40.5 Å². The Morgan fingerprint density at radius 1 is 1.30 bits per heavy atom. The summed E-state index contributed by atoms with van der Waals surface area (Å²) in [6.45, 7) is 6.99. The predicted octanol–water partition coefficient (Wildman–Crippen LogP) is 3.17. The van der Waals surface area contributed by atoms with Crippen LogP contribution in [0.4, 0.5) is 0 Å². The molecule has 1 N–H and O–H groups in total. The van der Waals surface area contributed by atoms with Crippen molar-refractivity contribution in [1.29, 1.82) is 0 Å². The molecule has 0 bridgehead atoms. The molecule has 2 rings (SSSR count). The third-order valence-corrected chi connectivity index (χ3v) is 4.81. The summed E-state index contributed by atoms with van der Waals surface area (Å²) in [5.74, 6) is 0.518. The number of hydrogen-bond acceptors (Lipinski definition) is 2. The first-order valence-corrected chi connectivity index (χ1v) is 7.87. The van der Waals surface area contributed by atoms with Crippen molar-refractivity contribution in [2.24, 2.45) is 5.92 Å². The van der Waals surface area contributed by atoms with E-state index in [0.29, 0.717) is 19.5 Å². The van der Waals surface area contributed by atoms with Crippen molar-refractivity contribution in [1.82, 2.24) is 4.90 Å². The van der Waals surface area contributed by atoms with Gasteiger partial charge in [-0.2, -0.15) is 0 Å². The van der Waals surface area contributed by atoms with Crippen LogP contribution < -0.4 is 0 Å². The highest BCUT2D eigenvalue weighted by Gasteiger charge is 2.45. The lowest BCUT2D eigenvalue weighted by molar-refractivity contribution is -0.164. The van der Waals surface area contributed by atoms with Crippen LogP contribution in [0.5, 0.6) is 0 Å². The number of amides is 1. The van der Waals surface area contributed by atoms with E-state index < -0.39 is 5.60 Å². The maximum absolute atomic E-state index is 12.2. The molecule has 0 radical (unpaired) electrons. The molecule has 1 aliphatic heterocycles. The molecule has 20 heavy (non-hydrogen) atoms. The van der Waals surface area contributed by atoms with Crippen LogP contribution in [0.15, 0.2) is 28.7 Å². The van der Waals surface area contributed by atoms with Gasteiger partial charge in [-0.15, -0.1) is 0 Å². The molecule has 0 aromatic heterocycles. The number of β-amino-alcohol motifs (C(OH)–C–C–N with tert-alkyl or cyclic N) is 1. The molecule has 0 saturated carbocycles. The van der Waals surface area contributed by atoms with Gasteiger partial charge in [0.25, 0.3) is 0 Å². The van der Waals surface area contributed by atoms with Gasteiger partial charge in [-0.05, 0) is 29.5 Å². The molecule has 4 heteroatoms. The van der Waals surface area contributed by atoms with Gasteiger partial charge in [0.15, 0.2) is 0 Å². The normalized spacial score (nSPS) is 18.8. The van der Waals surface area contributed by atoms with Gasteiger partial charge in [0.1, 0.15) is 5.60 Å². The first-order valence-electron chi connectivity index (χ1n) is 7.07. The first kappa shape index (κ1) is 15.5. The third kappa shape index (κ3) is 3.23. The first-order chi connectivity index (χ1) is 9.32. The van der Waals surface area contributed by atoms with Crippen molar-refractivity contribution in [3.63, 3.8) is 0 Å². The molecule has 1 aliphatic rings. The van der Waals surface area contributed by atoms with Gasteiger partial charge >= 0.3 is 0 Å². The Hall–Kier alpha value is -0.870. The maximum Gasteiger partial charge on any atom is 0.223 e. The van der Waals surface area contributed by atoms with Crippen LogP contribution in [0, 0.1) is 5.92 Å². The highest BCUT2D eigenvalue weighted by atomic mass is 79.9. The zero-order chi connectivity index (χ0) is 14.9. The molecule has 1 amide bonds. The summed E-state index contributed by atoms with van der Waals surface area (Å²) in [5, 5.41) is 10.2. The molecule has 1 unspecified atom stereocenters. The van der Waals surface area contributed by atoms with Crippen LogP contribution >= 0.6 is 15.9 Å². The molecule has 1 aromatic rings. The number of benzene rings is 1. The number of carbonyl (C=O) groups is 1. The minimum atomic E-state index is -0.684. The van der Waals surface area contributed by atoms with Crippen LogP contribution in [0.1, 0.15) is 38.7 Å². The van der Waals surface area contributed by atoms with Gasteiger partial charge in [0.05, 0.1) is 13.1 Å². The van der Waals surface area contributed by atoms with Gasteiger partial charge in [0.2, 0.25) is 5.91 Å². The summed E-state index contributed by atoms with van der Waals surface area (Å²) < 4.78 is 1.05. The number of likely N-dealkylation sites (tertiary alicyclic amines) is 1.